The van der Waals surface area contributed by atoms with E-state index in [1.54, 1.807) is 0 Å². The van der Waals surface area contributed by atoms with E-state index >= 15 is 0 Å². The number of aryl methyl sites for hydroxylation is 1. The molecule has 2 aromatic rings. The second-order valence-corrected chi connectivity index (χ2v) is 5.88. The first-order valence-electron chi connectivity index (χ1n) is 8.40. The normalized spacial score (nSPS) is 12.9. The molecule has 2 heterocycles. The van der Waals surface area contributed by atoms with Crippen molar-refractivity contribution in [1.82, 2.24) is 20.1 Å². The minimum absolute atomic E-state index is 0.0803. The SMILES string of the molecule is Cc1ccc(N2CCn3c2nnc(C(=O)NCCOCCO)c3=O)cc1. The molecule has 26 heavy (non-hydrogen) atoms. The third-order valence-electron chi connectivity index (χ3n) is 4.05. The van der Waals surface area contributed by atoms with Crippen LogP contribution in [0.1, 0.15) is 16.1 Å². The van der Waals surface area contributed by atoms with Gasteiger partial charge in [-0.3, -0.25) is 14.2 Å². The third-order valence-corrected chi connectivity index (χ3v) is 4.05. The van der Waals surface area contributed by atoms with Gasteiger partial charge in [0.25, 0.3) is 11.5 Å². The molecular weight excluding hydrogens is 338 g/mol. The Labute approximate surface area is 150 Å². The van der Waals surface area contributed by atoms with Crippen molar-refractivity contribution in [3.8, 4) is 0 Å². The first kappa shape index (κ1) is 18.0. The molecule has 0 atom stereocenters. The fourth-order valence-corrected chi connectivity index (χ4v) is 2.71. The van der Waals surface area contributed by atoms with Gasteiger partial charge in [0.2, 0.25) is 11.6 Å². The average Bonchev–Trinajstić information content (AvgIpc) is 3.07. The van der Waals surface area contributed by atoms with Crippen LogP contribution in [0.5, 0.6) is 0 Å². The minimum Gasteiger partial charge on any atom is -0.394 e. The van der Waals surface area contributed by atoms with Crippen molar-refractivity contribution in [3.63, 3.8) is 0 Å². The summed E-state index contributed by atoms with van der Waals surface area (Å²) in [5.74, 6) is -0.152. The molecule has 0 bridgehead atoms. The number of aromatic nitrogens is 3. The number of carbonyl (C=O) groups excluding carboxylic acids is 1. The number of rotatable bonds is 7. The number of nitrogens with zero attached hydrogens (tertiary/aromatic N) is 4. The molecule has 9 nitrogen and oxygen atoms in total. The van der Waals surface area contributed by atoms with Crippen molar-refractivity contribution in [2.45, 2.75) is 13.5 Å². The minimum atomic E-state index is -0.584. The van der Waals surface area contributed by atoms with E-state index in [0.29, 0.717) is 19.0 Å². The Balaban J connectivity index is 1.74. The number of amides is 1. The van der Waals surface area contributed by atoms with E-state index in [4.69, 9.17) is 9.84 Å². The molecule has 0 radical (unpaired) electrons. The van der Waals surface area contributed by atoms with Gasteiger partial charge in [-0.05, 0) is 19.1 Å². The van der Waals surface area contributed by atoms with Crippen LogP contribution in [0.15, 0.2) is 29.1 Å². The molecule has 0 fully saturated rings. The number of benzene rings is 1. The van der Waals surface area contributed by atoms with Gasteiger partial charge in [-0.15, -0.1) is 10.2 Å². The lowest BCUT2D eigenvalue weighted by molar-refractivity contribution is 0.0833. The highest BCUT2D eigenvalue weighted by Gasteiger charge is 2.27. The van der Waals surface area contributed by atoms with Gasteiger partial charge < -0.3 is 20.1 Å². The Morgan fingerprint density at radius 2 is 2.00 bits per heavy atom. The van der Waals surface area contributed by atoms with Crippen molar-refractivity contribution < 1.29 is 14.6 Å². The summed E-state index contributed by atoms with van der Waals surface area (Å²) in [5.41, 5.74) is 1.38. The van der Waals surface area contributed by atoms with E-state index in [0.717, 1.165) is 11.3 Å². The largest absolute Gasteiger partial charge is 0.394 e. The lowest BCUT2D eigenvalue weighted by Crippen LogP contribution is -2.36. The van der Waals surface area contributed by atoms with Crippen molar-refractivity contribution in [3.05, 3.63) is 45.9 Å². The maximum absolute atomic E-state index is 12.6. The lowest BCUT2D eigenvalue weighted by atomic mass is 10.2. The van der Waals surface area contributed by atoms with Crippen molar-refractivity contribution in [1.29, 1.82) is 0 Å². The zero-order valence-electron chi connectivity index (χ0n) is 14.5. The summed E-state index contributed by atoms with van der Waals surface area (Å²) in [6.45, 7) is 3.62. The number of anilines is 2. The van der Waals surface area contributed by atoms with Gasteiger partial charge in [0.1, 0.15) is 0 Å². The second kappa shape index (κ2) is 8.07. The van der Waals surface area contributed by atoms with E-state index in [1.807, 2.05) is 36.1 Å². The summed E-state index contributed by atoms with van der Waals surface area (Å²) in [5, 5.41) is 19.1. The van der Waals surface area contributed by atoms with E-state index in [9.17, 15) is 9.59 Å². The zero-order valence-corrected chi connectivity index (χ0v) is 14.5. The second-order valence-electron chi connectivity index (χ2n) is 5.88. The summed E-state index contributed by atoms with van der Waals surface area (Å²) in [7, 11) is 0. The molecule has 0 unspecified atom stereocenters. The van der Waals surface area contributed by atoms with Gasteiger partial charge in [-0.1, -0.05) is 17.7 Å². The van der Waals surface area contributed by atoms with Gasteiger partial charge in [0, 0.05) is 25.3 Å². The molecule has 3 rings (SSSR count). The number of aliphatic hydroxyl groups is 1. The topological polar surface area (TPSA) is 110 Å². The fraction of sp³-hybridized carbons (Fsp3) is 0.412. The summed E-state index contributed by atoms with van der Waals surface area (Å²) in [4.78, 5) is 26.6. The predicted molar refractivity (Wildman–Crippen MR) is 94.7 cm³/mol. The van der Waals surface area contributed by atoms with Crippen LogP contribution in [-0.2, 0) is 11.3 Å². The molecule has 1 amide bonds. The molecule has 1 aliphatic rings. The lowest BCUT2D eigenvalue weighted by Gasteiger charge is -2.16. The Hall–Kier alpha value is -2.78. The van der Waals surface area contributed by atoms with Crippen LogP contribution in [-0.4, -0.2) is 58.7 Å². The Morgan fingerprint density at radius 1 is 1.23 bits per heavy atom. The molecule has 0 aliphatic carbocycles. The zero-order chi connectivity index (χ0) is 18.5. The maximum Gasteiger partial charge on any atom is 0.286 e. The Morgan fingerprint density at radius 3 is 2.73 bits per heavy atom. The first-order valence-corrected chi connectivity index (χ1v) is 8.40. The fourth-order valence-electron chi connectivity index (χ4n) is 2.71. The molecule has 2 N–H and O–H groups in total. The molecule has 1 aromatic heterocycles. The van der Waals surface area contributed by atoms with Gasteiger partial charge in [-0.25, -0.2) is 0 Å². The molecular formula is C17H21N5O4. The number of nitrogens with one attached hydrogen (secondary N) is 1. The van der Waals surface area contributed by atoms with E-state index in [2.05, 4.69) is 15.5 Å². The number of carbonyl (C=O) groups is 1. The molecule has 1 aromatic carbocycles. The highest BCUT2D eigenvalue weighted by Crippen LogP contribution is 2.26. The summed E-state index contributed by atoms with van der Waals surface area (Å²) in [6, 6.07) is 7.91. The van der Waals surface area contributed by atoms with Crippen molar-refractivity contribution in [2.75, 3.05) is 37.8 Å². The van der Waals surface area contributed by atoms with Crippen molar-refractivity contribution in [2.24, 2.45) is 0 Å². The predicted octanol–water partition coefficient (Wildman–Crippen LogP) is -0.163. The van der Waals surface area contributed by atoms with Gasteiger partial charge in [0.15, 0.2) is 0 Å². The smallest absolute Gasteiger partial charge is 0.286 e. The van der Waals surface area contributed by atoms with Crippen LogP contribution >= 0.6 is 0 Å². The Bertz CT molecular complexity index is 834. The van der Waals surface area contributed by atoms with Gasteiger partial charge in [0.05, 0.1) is 19.8 Å². The van der Waals surface area contributed by atoms with Gasteiger partial charge in [-0.2, -0.15) is 0 Å². The first-order chi connectivity index (χ1) is 12.6. The maximum atomic E-state index is 12.6. The summed E-state index contributed by atoms with van der Waals surface area (Å²) >= 11 is 0. The Kier molecular flexibility index (Phi) is 5.59. The number of hydrogen-bond acceptors (Lipinski definition) is 7. The highest BCUT2D eigenvalue weighted by atomic mass is 16.5. The standard InChI is InChI=1S/C17H21N5O4/c1-12-2-4-13(5-3-12)21-7-8-22-16(25)14(19-20-17(21)22)15(24)18-6-10-26-11-9-23/h2-5,23H,6-11H2,1H3,(H,18,24). The average molecular weight is 359 g/mol. The number of fused-ring (bicyclic) bond motifs is 1. The number of aliphatic hydroxyl groups excluding tert-OH is 1. The van der Waals surface area contributed by atoms with E-state index in [-0.39, 0.29) is 32.1 Å². The molecule has 9 heteroatoms. The molecule has 0 saturated heterocycles. The number of ether oxygens (including phenoxy) is 1. The van der Waals surface area contributed by atoms with Crippen LogP contribution in [0.25, 0.3) is 0 Å². The van der Waals surface area contributed by atoms with Crippen LogP contribution in [0, 0.1) is 6.92 Å². The van der Waals surface area contributed by atoms with Crippen LogP contribution < -0.4 is 15.8 Å². The highest BCUT2D eigenvalue weighted by molar-refractivity contribution is 5.91. The van der Waals surface area contributed by atoms with Crippen LogP contribution in [0.3, 0.4) is 0 Å². The van der Waals surface area contributed by atoms with E-state index < -0.39 is 11.5 Å². The number of hydrogen-bond donors (Lipinski definition) is 2. The van der Waals surface area contributed by atoms with Gasteiger partial charge >= 0.3 is 0 Å². The molecule has 1 aliphatic heterocycles. The third kappa shape index (κ3) is 3.73. The van der Waals surface area contributed by atoms with Crippen LogP contribution in [0.2, 0.25) is 0 Å². The van der Waals surface area contributed by atoms with Crippen LogP contribution in [0.4, 0.5) is 11.6 Å². The monoisotopic (exact) mass is 359 g/mol. The molecule has 0 spiro atoms. The van der Waals surface area contributed by atoms with E-state index in [1.165, 1.54) is 4.57 Å². The quantitative estimate of drug-likeness (QED) is 0.661. The molecule has 138 valence electrons. The summed E-state index contributed by atoms with van der Waals surface area (Å²) in [6.07, 6.45) is 0. The molecule has 0 saturated carbocycles. The summed E-state index contributed by atoms with van der Waals surface area (Å²) < 4.78 is 6.52. The van der Waals surface area contributed by atoms with Crippen molar-refractivity contribution >= 4 is 17.5 Å².